The van der Waals surface area contributed by atoms with Crippen LogP contribution in [0.25, 0.3) is 0 Å². The SMILES string of the molecule is Cc1ccc(Cn2[nH]c(C(C)C)cc2=S)cc1. The molecule has 0 saturated carbocycles. The van der Waals surface area contributed by atoms with Gasteiger partial charge in [0.2, 0.25) is 0 Å². The molecule has 3 heteroatoms. The molecule has 1 aromatic carbocycles. The molecule has 0 atom stereocenters. The number of benzene rings is 1. The van der Waals surface area contributed by atoms with E-state index in [1.165, 1.54) is 16.8 Å². The van der Waals surface area contributed by atoms with Gasteiger partial charge in [0.15, 0.2) is 0 Å². The van der Waals surface area contributed by atoms with E-state index in [9.17, 15) is 0 Å². The van der Waals surface area contributed by atoms with Crippen LogP contribution >= 0.6 is 12.2 Å². The van der Waals surface area contributed by atoms with Crippen molar-refractivity contribution in [1.29, 1.82) is 0 Å². The molecule has 0 radical (unpaired) electrons. The Morgan fingerprint density at radius 2 is 1.88 bits per heavy atom. The van der Waals surface area contributed by atoms with Crippen LogP contribution in [-0.2, 0) is 6.54 Å². The lowest BCUT2D eigenvalue weighted by Gasteiger charge is -2.05. The van der Waals surface area contributed by atoms with Crippen LogP contribution in [-0.4, -0.2) is 9.78 Å². The molecular weight excluding hydrogens is 228 g/mol. The number of aryl methyl sites for hydroxylation is 1. The third kappa shape index (κ3) is 2.86. The molecular formula is C14H18N2S. The van der Waals surface area contributed by atoms with Crippen molar-refractivity contribution in [3.8, 4) is 0 Å². The van der Waals surface area contributed by atoms with E-state index in [1.807, 2.05) is 10.7 Å². The van der Waals surface area contributed by atoms with Gasteiger partial charge in [-0.15, -0.1) is 0 Å². The van der Waals surface area contributed by atoms with Crippen LogP contribution in [0.1, 0.15) is 36.6 Å². The first kappa shape index (κ1) is 12.1. The topological polar surface area (TPSA) is 20.7 Å². The summed E-state index contributed by atoms with van der Waals surface area (Å²) in [5, 5.41) is 3.36. The van der Waals surface area contributed by atoms with Gasteiger partial charge < -0.3 is 5.10 Å². The van der Waals surface area contributed by atoms with Crippen molar-refractivity contribution in [3.05, 3.63) is 51.8 Å². The highest BCUT2D eigenvalue weighted by atomic mass is 32.1. The molecule has 0 amide bonds. The summed E-state index contributed by atoms with van der Waals surface area (Å²) in [4.78, 5) is 0. The van der Waals surface area contributed by atoms with E-state index in [1.54, 1.807) is 0 Å². The minimum atomic E-state index is 0.482. The highest BCUT2D eigenvalue weighted by Crippen LogP contribution is 2.13. The molecule has 0 spiro atoms. The van der Waals surface area contributed by atoms with Gasteiger partial charge in [0, 0.05) is 5.69 Å². The van der Waals surface area contributed by atoms with Crippen LogP contribution < -0.4 is 0 Å². The normalized spacial score (nSPS) is 11.1. The smallest absolute Gasteiger partial charge is 0.122 e. The number of aromatic nitrogens is 2. The lowest BCUT2D eigenvalue weighted by Crippen LogP contribution is -2.02. The van der Waals surface area contributed by atoms with Gasteiger partial charge in [0.05, 0.1) is 6.54 Å². The molecule has 17 heavy (non-hydrogen) atoms. The van der Waals surface area contributed by atoms with Gasteiger partial charge in [0.1, 0.15) is 4.64 Å². The first-order valence-corrected chi connectivity index (χ1v) is 6.32. The van der Waals surface area contributed by atoms with Gasteiger partial charge in [-0.25, -0.2) is 0 Å². The van der Waals surface area contributed by atoms with Gasteiger partial charge in [-0.2, -0.15) is 0 Å². The Hall–Kier alpha value is -1.35. The molecule has 0 aliphatic carbocycles. The molecule has 0 bridgehead atoms. The van der Waals surface area contributed by atoms with Crippen LogP contribution in [0.4, 0.5) is 0 Å². The Balaban J connectivity index is 2.24. The van der Waals surface area contributed by atoms with Crippen LogP contribution in [0.15, 0.2) is 30.3 Å². The average Bonchev–Trinajstić information content (AvgIpc) is 2.64. The Morgan fingerprint density at radius 3 is 2.41 bits per heavy atom. The fraction of sp³-hybridized carbons (Fsp3) is 0.357. The maximum absolute atomic E-state index is 5.35. The van der Waals surface area contributed by atoms with Crippen LogP contribution in [0.5, 0.6) is 0 Å². The predicted molar refractivity (Wildman–Crippen MR) is 74.0 cm³/mol. The Morgan fingerprint density at radius 1 is 1.24 bits per heavy atom. The Kier molecular flexibility index (Phi) is 3.48. The molecule has 1 aromatic heterocycles. The third-order valence-corrected chi connectivity index (χ3v) is 3.23. The van der Waals surface area contributed by atoms with E-state index in [-0.39, 0.29) is 0 Å². The van der Waals surface area contributed by atoms with E-state index in [0.717, 1.165) is 11.2 Å². The van der Waals surface area contributed by atoms with Gasteiger partial charge >= 0.3 is 0 Å². The summed E-state index contributed by atoms with van der Waals surface area (Å²) in [6, 6.07) is 10.6. The minimum Gasteiger partial charge on any atom is -0.301 e. The third-order valence-electron chi connectivity index (χ3n) is 2.89. The van der Waals surface area contributed by atoms with Crippen molar-refractivity contribution >= 4 is 12.2 Å². The zero-order valence-electron chi connectivity index (χ0n) is 10.5. The standard InChI is InChI=1S/C14H18N2S/c1-10(2)13-8-14(17)16(15-13)9-12-6-4-11(3)5-7-12/h4-8,10,15H,9H2,1-3H3. The molecule has 0 saturated heterocycles. The molecule has 0 aliphatic rings. The van der Waals surface area contributed by atoms with Crippen molar-refractivity contribution < 1.29 is 0 Å². The summed E-state index contributed by atoms with van der Waals surface area (Å²) in [7, 11) is 0. The predicted octanol–water partition coefficient (Wildman–Crippen LogP) is 4.03. The number of hydrogen-bond donors (Lipinski definition) is 1. The highest BCUT2D eigenvalue weighted by Gasteiger charge is 2.04. The lowest BCUT2D eigenvalue weighted by molar-refractivity contribution is 0.650. The molecule has 2 nitrogen and oxygen atoms in total. The van der Waals surface area contributed by atoms with Crippen molar-refractivity contribution in [2.24, 2.45) is 0 Å². The van der Waals surface area contributed by atoms with Crippen molar-refractivity contribution in [2.45, 2.75) is 33.2 Å². The maximum Gasteiger partial charge on any atom is 0.122 e. The van der Waals surface area contributed by atoms with Gasteiger partial charge in [-0.3, -0.25) is 4.68 Å². The zero-order chi connectivity index (χ0) is 12.4. The van der Waals surface area contributed by atoms with Crippen LogP contribution in [0.2, 0.25) is 0 Å². The Labute approximate surface area is 107 Å². The molecule has 1 heterocycles. The summed E-state index contributed by atoms with van der Waals surface area (Å²) >= 11 is 5.35. The lowest BCUT2D eigenvalue weighted by atomic mass is 10.1. The maximum atomic E-state index is 5.35. The summed E-state index contributed by atoms with van der Waals surface area (Å²) in [5.74, 6) is 0.482. The van der Waals surface area contributed by atoms with Crippen molar-refractivity contribution in [3.63, 3.8) is 0 Å². The molecule has 2 aromatic rings. The number of hydrogen-bond acceptors (Lipinski definition) is 1. The van der Waals surface area contributed by atoms with Crippen molar-refractivity contribution in [1.82, 2.24) is 9.78 Å². The van der Waals surface area contributed by atoms with E-state index in [0.29, 0.717) is 5.92 Å². The van der Waals surface area contributed by atoms with E-state index in [2.05, 4.69) is 50.1 Å². The average molecular weight is 246 g/mol. The van der Waals surface area contributed by atoms with Crippen LogP contribution in [0, 0.1) is 11.6 Å². The molecule has 1 N–H and O–H groups in total. The van der Waals surface area contributed by atoms with Gasteiger partial charge in [-0.05, 0) is 24.5 Å². The van der Waals surface area contributed by atoms with Crippen LogP contribution in [0.3, 0.4) is 0 Å². The number of H-pyrrole nitrogens is 1. The number of rotatable bonds is 3. The molecule has 90 valence electrons. The van der Waals surface area contributed by atoms with Gasteiger partial charge in [0.25, 0.3) is 0 Å². The fourth-order valence-corrected chi connectivity index (χ4v) is 1.98. The molecule has 0 fully saturated rings. The monoisotopic (exact) mass is 246 g/mol. The summed E-state index contributed by atoms with van der Waals surface area (Å²) in [6.45, 7) is 7.24. The first-order chi connectivity index (χ1) is 8.06. The second-order valence-corrected chi connectivity index (χ2v) is 5.19. The molecule has 0 aliphatic heterocycles. The molecule has 2 rings (SSSR count). The second-order valence-electron chi connectivity index (χ2n) is 4.78. The number of nitrogens with one attached hydrogen (secondary N) is 1. The van der Waals surface area contributed by atoms with E-state index < -0.39 is 0 Å². The largest absolute Gasteiger partial charge is 0.301 e. The zero-order valence-corrected chi connectivity index (χ0v) is 11.3. The summed E-state index contributed by atoms with van der Waals surface area (Å²) in [6.07, 6.45) is 0. The summed E-state index contributed by atoms with van der Waals surface area (Å²) in [5.41, 5.74) is 3.75. The van der Waals surface area contributed by atoms with Crippen molar-refractivity contribution in [2.75, 3.05) is 0 Å². The molecule has 0 unspecified atom stereocenters. The minimum absolute atomic E-state index is 0.482. The van der Waals surface area contributed by atoms with Gasteiger partial charge in [-0.1, -0.05) is 55.9 Å². The Bertz CT molecular complexity index is 546. The fourth-order valence-electron chi connectivity index (χ4n) is 1.74. The second kappa shape index (κ2) is 4.88. The number of nitrogens with zero attached hydrogens (tertiary/aromatic N) is 1. The summed E-state index contributed by atoms with van der Waals surface area (Å²) < 4.78 is 2.89. The number of aromatic amines is 1. The first-order valence-electron chi connectivity index (χ1n) is 5.91. The quantitative estimate of drug-likeness (QED) is 0.811. The highest BCUT2D eigenvalue weighted by molar-refractivity contribution is 7.71. The van der Waals surface area contributed by atoms with E-state index in [4.69, 9.17) is 12.2 Å². The van der Waals surface area contributed by atoms with E-state index >= 15 is 0 Å².